The zero-order valence-electron chi connectivity index (χ0n) is 11.0. The summed E-state index contributed by atoms with van der Waals surface area (Å²) in [6, 6.07) is 0. The summed E-state index contributed by atoms with van der Waals surface area (Å²) in [5, 5.41) is 10.3. The van der Waals surface area contributed by atoms with Crippen LogP contribution < -0.4 is 0 Å². The van der Waals surface area contributed by atoms with E-state index in [4.69, 9.17) is 0 Å². The molecule has 1 saturated carbocycles. The molecule has 2 rings (SSSR count). The standard InChI is InChI=1S/C10H13BrN2O.C3H6O2/c11-8-6-12-9(13-7-8)10(14)4-2-1-3-5-10;1-2-5-3-4/h6-7,14H,1-5H2;3H,2H2,1H3. The number of hydrogen-bond acceptors (Lipinski definition) is 5. The van der Waals surface area contributed by atoms with E-state index in [1.165, 1.54) is 6.42 Å². The molecule has 0 saturated heterocycles. The van der Waals surface area contributed by atoms with Crippen LogP contribution in [0.2, 0.25) is 0 Å². The summed E-state index contributed by atoms with van der Waals surface area (Å²) in [5.74, 6) is 0.570. The Morgan fingerprint density at radius 2 is 1.95 bits per heavy atom. The number of rotatable bonds is 3. The maximum atomic E-state index is 10.3. The molecule has 0 bridgehead atoms. The van der Waals surface area contributed by atoms with E-state index in [1.54, 1.807) is 19.3 Å². The van der Waals surface area contributed by atoms with Crippen LogP contribution >= 0.6 is 15.9 Å². The van der Waals surface area contributed by atoms with Gasteiger partial charge in [0.1, 0.15) is 5.60 Å². The molecule has 0 amide bonds. The average molecular weight is 331 g/mol. The molecular formula is C13H19BrN2O3. The summed E-state index contributed by atoms with van der Waals surface area (Å²) in [6.07, 6.45) is 8.29. The highest BCUT2D eigenvalue weighted by molar-refractivity contribution is 9.10. The van der Waals surface area contributed by atoms with Crippen LogP contribution in [0, 0.1) is 0 Å². The van der Waals surface area contributed by atoms with E-state index in [9.17, 15) is 9.90 Å². The maximum absolute atomic E-state index is 10.3. The van der Waals surface area contributed by atoms with Gasteiger partial charge >= 0.3 is 0 Å². The molecule has 5 nitrogen and oxygen atoms in total. The molecule has 0 atom stereocenters. The van der Waals surface area contributed by atoms with E-state index < -0.39 is 5.60 Å². The van der Waals surface area contributed by atoms with Gasteiger partial charge in [-0.2, -0.15) is 0 Å². The number of carbonyl (C=O) groups is 1. The van der Waals surface area contributed by atoms with E-state index in [2.05, 4.69) is 30.6 Å². The number of nitrogens with zero attached hydrogens (tertiary/aromatic N) is 2. The first kappa shape index (κ1) is 16.0. The summed E-state index contributed by atoms with van der Waals surface area (Å²) in [4.78, 5) is 17.5. The fourth-order valence-corrected chi connectivity index (χ4v) is 2.19. The molecule has 1 heterocycles. The van der Waals surface area contributed by atoms with E-state index >= 15 is 0 Å². The summed E-state index contributed by atoms with van der Waals surface area (Å²) in [6.45, 7) is 2.66. The molecule has 1 aromatic heterocycles. The van der Waals surface area contributed by atoms with Crippen molar-refractivity contribution in [2.24, 2.45) is 0 Å². The highest BCUT2D eigenvalue weighted by Gasteiger charge is 2.33. The Kier molecular flexibility index (Phi) is 6.94. The molecule has 1 aliphatic carbocycles. The van der Waals surface area contributed by atoms with Gasteiger partial charge in [0, 0.05) is 12.4 Å². The Balaban J connectivity index is 0.000000312. The fourth-order valence-electron chi connectivity index (χ4n) is 1.98. The van der Waals surface area contributed by atoms with Crippen molar-refractivity contribution in [1.82, 2.24) is 9.97 Å². The van der Waals surface area contributed by atoms with Gasteiger partial charge in [0.2, 0.25) is 0 Å². The van der Waals surface area contributed by atoms with Crippen molar-refractivity contribution < 1.29 is 14.6 Å². The van der Waals surface area contributed by atoms with Crippen LogP contribution in [0.15, 0.2) is 16.9 Å². The van der Waals surface area contributed by atoms with Gasteiger partial charge in [-0.05, 0) is 35.7 Å². The van der Waals surface area contributed by atoms with Gasteiger partial charge in [0.05, 0.1) is 11.1 Å². The van der Waals surface area contributed by atoms with Gasteiger partial charge in [-0.25, -0.2) is 9.97 Å². The van der Waals surface area contributed by atoms with Crippen molar-refractivity contribution in [3.8, 4) is 0 Å². The molecule has 1 N–H and O–H groups in total. The molecule has 1 fully saturated rings. The largest absolute Gasteiger partial charge is 0.468 e. The zero-order chi connectivity index (χ0) is 14.1. The third-order valence-corrected chi connectivity index (χ3v) is 3.36. The van der Waals surface area contributed by atoms with E-state index in [0.29, 0.717) is 18.9 Å². The average Bonchev–Trinajstić information content (AvgIpc) is 2.42. The van der Waals surface area contributed by atoms with Gasteiger partial charge in [-0.1, -0.05) is 19.3 Å². The molecule has 6 heteroatoms. The Labute approximate surface area is 121 Å². The predicted octanol–water partition coefficient (Wildman–Crippen LogP) is 2.57. The van der Waals surface area contributed by atoms with Crippen LogP contribution in [0.5, 0.6) is 0 Å². The zero-order valence-corrected chi connectivity index (χ0v) is 12.6. The van der Waals surface area contributed by atoms with Crippen LogP contribution in [-0.2, 0) is 15.1 Å². The number of aromatic nitrogens is 2. The molecule has 0 aliphatic heterocycles. The van der Waals surface area contributed by atoms with Crippen molar-refractivity contribution in [2.45, 2.75) is 44.6 Å². The van der Waals surface area contributed by atoms with E-state index in [-0.39, 0.29) is 0 Å². The number of carbonyl (C=O) groups excluding carboxylic acids is 1. The minimum Gasteiger partial charge on any atom is -0.468 e. The second-order valence-corrected chi connectivity index (χ2v) is 5.28. The number of aliphatic hydroxyl groups is 1. The lowest BCUT2D eigenvalue weighted by molar-refractivity contribution is -0.128. The minimum absolute atomic E-state index is 0.431. The third kappa shape index (κ3) is 5.24. The Bertz CT molecular complexity index is 378. The van der Waals surface area contributed by atoms with E-state index in [1.807, 2.05) is 0 Å². The molecule has 0 aromatic carbocycles. The van der Waals surface area contributed by atoms with Gasteiger partial charge in [0.15, 0.2) is 5.82 Å². The first-order chi connectivity index (χ1) is 9.12. The summed E-state index contributed by atoms with van der Waals surface area (Å²) < 4.78 is 5.00. The summed E-state index contributed by atoms with van der Waals surface area (Å²) in [7, 11) is 0. The normalized spacial score (nSPS) is 17.0. The molecule has 19 heavy (non-hydrogen) atoms. The van der Waals surface area contributed by atoms with Gasteiger partial charge in [0.25, 0.3) is 6.47 Å². The lowest BCUT2D eigenvalue weighted by atomic mass is 9.84. The lowest BCUT2D eigenvalue weighted by Gasteiger charge is -2.30. The van der Waals surface area contributed by atoms with Crippen LogP contribution in [0.4, 0.5) is 0 Å². The smallest absolute Gasteiger partial charge is 0.293 e. The van der Waals surface area contributed by atoms with Gasteiger partial charge in [-0.3, -0.25) is 4.79 Å². The number of ether oxygens (including phenoxy) is 1. The third-order valence-electron chi connectivity index (χ3n) is 2.95. The van der Waals surface area contributed by atoms with Gasteiger partial charge in [-0.15, -0.1) is 0 Å². The SMILES string of the molecule is CCOC=O.OC1(c2ncc(Br)cn2)CCCCC1. The predicted molar refractivity (Wildman–Crippen MR) is 74.4 cm³/mol. The first-order valence-electron chi connectivity index (χ1n) is 6.38. The van der Waals surface area contributed by atoms with Crippen molar-refractivity contribution in [3.05, 3.63) is 22.7 Å². The molecular weight excluding hydrogens is 312 g/mol. The highest BCUT2D eigenvalue weighted by Crippen LogP contribution is 2.34. The molecule has 1 aliphatic rings. The van der Waals surface area contributed by atoms with Crippen molar-refractivity contribution in [1.29, 1.82) is 0 Å². The topological polar surface area (TPSA) is 72.3 Å². The quantitative estimate of drug-likeness (QED) is 0.862. The van der Waals surface area contributed by atoms with Gasteiger partial charge < -0.3 is 9.84 Å². The second-order valence-electron chi connectivity index (χ2n) is 4.37. The Morgan fingerprint density at radius 1 is 1.37 bits per heavy atom. The lowest BCUT2D eigenvalue weighted by Crippen LogP contribution is -2.30. The highest BCUT2D eigenvalue weighted by atomic mass is 79.9. The minimum atomic E-state index is -0.779. The monoisotopic (exact) mass is 330 g/mol. The van der Waals surface area contributed by atoms with E-state index in [0.717, 1.165) is 30.2 Å². The summed E-state index contributed by atoms with van der Waals surface area (Å²) in [5.41, 5.74) is -0.779. The second kappa shape index (κ2) is 8.22. The molecule has 1 aromatic rings. The van der Waals surface area contributed by atoms with Crippen molar-refractivity contribution >= 4 is 22.4 Å². The molecule has 0 radical (unpaired) electrons. The molecule has 0 spiro atoms. The number of hydrogen-bond donors (Lipinski definition) is 1. The van der Waals surface area contributed by atoms with Crippen LogP contribution in [-0.4, -0.2) is 28.2 Å². The van der Waals surface area contributed by atoms with Crippen LogP contribution in [0.3, 0.4) is 0 Å². The van der Waals surface area contributed by atoms with Crippen molar-refractivity contribution in [3.63, 3.8) is 0 Å². The molecule has 106 valence electrons. The Hall–Kier alpha value is -1.01. The number of halogens is 1. The summed E-state index contributed by atoms with van der Waals surface area (Å²) >= 11 is 3.28. The van der Waals surface area contributed by atoms with Crippen LogP contribution in [0.25, 0.3) is 0 Å². The van der Waals surface area contributed by atoms with Crippen molar-refractivity contribution in [2.75, 3.05) is 6.61 Å². The first-order valence-corrected chi connectivity index (χ1v) is 7.17. The Morgan fingerprint density at radius 3 is 2.37 bits per heavy atom. The van der Waals surface area contributed by atoms with Crippen LogP contribution in [0.1, 0.15) is 44.9 Å². The maximum Gasteiger partial charge on any atom is 0.293 e. The molecule has 0 unspecified atom stereocenters. The fraction of sp³-hybridized carbons (Fsp3) is 0.615.